The summed E-state index contributed by atoms with van der Waals surface area (Å²) in [6.45, 7) is 8.73. The fraction of sp³-hybridized carbons (Fsp3) is 0.625. The first kappa shape index (κ1) is 16.4. The normalized spacial score (nSPS) is 16.5. The van der Waals surface area contributed by atoms with E-state index >= 15 is 0 Å². The van der Waals surface area contributed by atoms with Crippen molar-refractivity contribution in [3.8, 4) is 5.88 Å². The Balaban J connectivity index is 1.84. The Kier molecular flexibility index (Phi) is 4.78. The maximum Gasteiger partial charge on any atom is 0.410 e. The van der Waals surface area contributed by atoms with Crippen molar-refractivity contribution < 1.29 is 14.3 Å². The number of aromatic nitrogens is 1. The van der Waals surface area contributed by atoms with E-state index in [9.17, 15) is 4.79 Å². The number of carbonyl (C=O) groups excluding carboxylic acids is 1. The molecular weight excluding hydrogens is 282 g/mol. The quantitative estimate of drug-likeness (QED) is 0.909. The number of aryl methyl sites for hydroxylation is 1. The number of rotatable bonds is 2. The number of nitrogens with zero attached hydrogens (tertiary/aromatic N) is 2. The average molecular weight is 307 g/mol. The zero-order chi connectivity index (χ0) is 16.3. The number of hydrogen-bond donors (Lipinski definition) is 1. The highest BCUT2D eigenvalue weighted by Crippen LogP contribution is 2.21. The van der Waals surface area contributed by atoms with E-state index in [-0.39, 0.29) is 12.2 Å². The van der Waals surface area contributed by atoms with Gasteiger partial charge < -0.3 is 20.1 Å². The molecule has 6 heteroatoms. The number of amides is 1. The second-order valence-electron chi connectivity index (χ2n) is 6.61. The third-order valence-electron chi connectivity index (χ3n) is 3.48. The predicted octanol–water partition coefficient (Wildman–Crippen LogP) is 2.75. The molecule has 0 atom stereocenters. The monoisotopic (exact) mass is 307 g/mol. The maximum atomic E-state index is 12.0. The molecule has 1 aliphatic rings. The van der Waals surface area contributed by atoms with Crippen molar-refractivity contribution in [3.05, 3.63) is 17.8 Å². The van der Waals surface area contributed by atoms with Gasteiger partial charge in [-0.05, 0) is 33.8 Å². The smallest absolute Gasteiger partial charge is 0.410 e. The van der Waals surface area contributed by atoms with Crippen LogP contribution in [0.15, 0.2) is 12.1 Å². The van der Waals surface area contributed by atoms with Gasteiger partial charge in [0.15, 0.2) is 0 Å². The molecule has 0 saturated carbocycles. The van der Waals surface area contributed by atoms with Crippen molar-refractivity contribution in [2.45, 2.75) is 52.2 Å². The minimum absolute atomic E-state index is 0.0641. The van der Waals surface area contributed by atoms with Crippen molar-refractivity contribution in [1.29, 1.82) is 0 Å². The number of ether oxygens (including phenoxy) is 2. The van der Waals surface area contributed by atoms with Gasteiger partial charge in [0, 0.05) is 32.0 Å². The highest BCUT2D eigenvalue weighted by molar-refractivity contribution is 5.68. The molecule has 122 valence electrons. The van der Waals surface area contributed by atoms with Gasteiger partial charge in [-0.1, -0.05) is 0 Å². The first-order chi connectivity index (χ1) is 10.2. The fourth-order valence-electron chi connectivity index (χ4n) is 2.27. The number of nitrogen functional groups attached to an aromatic ring is 1. The minimum Gasteiger partial charge on any atom is -0.474 e. The molecule has 0 aromatic carbocycles. The van der Waals surface area contributed by atoms with Crippen LogP contribution in [0.3, 0.4) is 0 Å². The minimum atomic E-state index is -0.462. The van der Waals surface area contributed by atoms with Crippen LogP contribution in [0.4, 0.5) is 10.5 Å². The molecule has 0 spiro atoms. The Bertz CT molecular complexity index is 532. The maximum absolute atomic E-state index is 12.0. The van der Waals surface area contributed by atoms with Gasteiger partial charge in [-0.3, -0.25) is 0 Å². The lowest BCUT2D eigenvalue weighted by Crippen LogP contribution is -2.44. The summed E-state index contributed by atoms with van der Waals surface area (Å²) in [5.41, 5.74) is 6.71. The lowest BCUT2D eigenvalue weighted by molar-refractivity contribution is 0.0123. The molecule has 0 bridgehead atoms. The Morgan fingerprint density at radius 3 is 2.50 bits per heavy atom. The molecule has 0 aliphatic carbocycles. The number of anilines is 1. The molecule has 2 heterocycles. The summed E-state index contributed by atoms with van der Waals surface area (Å²) >= 11 is 0. The van der Waals surface area contributed by atoms with Crippen LogP contribution in [0.1, 0.15) is 39.3 Å². The Labute approximate surface area is 131 Å². The molecule has 1 saturated heterocycles. The van der Waals surface area contributed by atoms with Gasteiger partial charge in [-0.25, -0.2) is 9.78 Å². The number of nitrogens with two attached hydrogens (primary N) is 1. The topological polar surface area (TPSA) is 77.7 Å². The number of likely N-dealkylation sites (tertiary alicyclic amines) is 1. The van der Waals surface area contributed by atoms with E-state index in [1.165, 1.54) is 0 Å². The summed E-state index contributed by atoms with van der Waals surface area (Å²) in [4.78, 5) is 18.0. The largest absolute Gasteiger partial charge is 0.474 e. The van der Waals surface area contributed by atoms with E-state index < -0.39 is 5.60 Å². The molecular formula is C16H25N3O3. The standard InChI is InChI=1S/C16H25N3O3/c1-11-13(17)5-6-14(18-11)21-12-7-9-19(10-8-12)15(20)22-16(2,3)4/h5-6,12H,7-10,17H2,1-4H3. The molecule has 1 aromatic rings. The van der Waals surface area contributed by atoms with Gasteiger partial charge in [-0.2, -0.15) is 0 Å². The zero-order valence-corrected chi connectivity index (χ0v) is 13.8. The van der Waals surface area contributed by atoms with E-state index in [0.29, 0.717) is 24.7 Å². The van der Waals surface area contributed by atoms with Gasteiger partial charge in [-0.15, -0.1) is 0 Å². The second-order valence-corrected chi connectivity index (χ2v) is 6.61. The zero-order valence-electron chi connectivity index (χ0n) is 13.8. The Morgan fingerprint density at radius 1 is 1.32 bits per heavy atom. The van der Waals surface area contributed by atoms with Crippen molar-refractivity contribution in [2.75, 3.05) is 18.8 Å². The van der Waals surface area contributed by atoms with E-state index in [1.54, 1.807) is 17.0 Å². The van der Waals surface area contributed by atoms with Crippen LogP contribution in [-0.4, -0.2) is 40.8 Å². The van der Waals surface area contributed by atoms with Crippen molar-refractivity contribution in [2.24, 2.45) is 0 Å². The van der Waals surface area contributed by atoms with E-state index in [0.717, 1.165) is 18.5 Å². The first-order valence-corrected chi connectivity index (χ1v) is 7.62. The van der Waals surface area contributed by atoms with Crippen molar-refractivity contribution >= 4 is 11.8 Å². The fourth-order valence-corrected chi connectivity index (χ4v) is 2.27. The first-order valence-electron chi connectivity index (χ1n) is 7.62. The van der Waals surface area contributed by atoms with Crippen LogP contribution in [0, 0.1) is 6.92 Å². The van der Waals surface area contributed by atoms with Crippen LogP contribution < -0.4 is 10.5 Å². The predicted molar refractivity (Wildman–Crippen MR) is 84.8 cm³/mol. The summed E-state index contributed by atoms with van der Waals surface area (Å²) < 4.78 is 11.3. The third kappa shape index (κ3) is 4.51. The van der Waals surface area contributed by atoms with Gasteiger partial charge in [0.05, 0.1) is 11.4 Å². The molecule has 1 amide bonds. The number of hydrogen-bond acceptors (Lipinski definition) is 5. The van der Waals surface area contributed by atoms with Crippen LogP contribution in [0.25, 0.3) is 0 Å². The number of pyridine rings is 1. The van der Waals surface area contributed by atoms with E-state index in [1.807, 2.05) is 27.7 Å². The molecule has 0 radical (unpaired) electrons. The van der Waals surface area contributed by atoms with Crippen LogP contribution in [-0.2, 0) is 4.74 Å². The van der Waals surface area contributed by atoms with E-state index in [2.05, 4.69) is 4.98 Å². The molecule has 6 nitrogen and oxygen atoms in total. The van der Waals surface area contributed by atoms with Crippen LogP contribution >= 0.6 is 0 Å². The second kappa shape index (κ2) is 6.42. The highest BCUT2D eigenvalue weighted by atomic mass is 16.6. The molecule has 1 fully saturated rings. The molecule has 1 aromatic heterocycles. The lowest BCUT2D eigenvalue weighted by Gasteiger charge is -2.33. The molecule has 0 unspecified atom stereocenters. The summed E-state index contributed by atoms with van der Waals surface area (Å²) in [5.74, 6) is 0.586. The number of carbonyl (C=O) groups is 1. The van der Waals surface area contributed by atoms with Gasteiger partial charge in [0.1, 0.15) is 11.7 Å². The van der Waals surface area contributed by atoms with Gasteiger partial charge in [0.2, 0.25) is 5.88 Å². The number of piperidine rings is 1. The van der Waals surface area contributed by atoms with Crippen molar-refractivity contribution in [1.82, 2.24) is 9.88 Å². The van der Waals surface area contributed by atoms with Crippen LogP contribution in [0.2, 0.25) is 0 Å². The Hall–Kier alpha value is -1.98. The molecule has 22 heavy (non-hydrogen) atoms. The summed E-state index contributed by atoms with van der Waals surface area (Å²) in [5, 5.41) is 0. The summed E-state index contributed by atoms with van der Waals surface area (Å²) in [6, 6.07) is 3.58. The SMILES string of the molecule is Cc1nc(OC2CCN(C(=O)OC(C)(C)C)CC2)ccc1N. The summed E-state index contributed by atoms with van der Waals surface area (Å²) in [7, 11) is 0. The summed E-state index contributed by atoms with van der Waals surface area (Å²) in [6.07, 6.45) is 1.34. The van der Waals surface area contributed by atoms with E-state index in [4.69, 9.17) is 15.2 Å². The highest BCUT2D eigenvalue weighted by Gasteiger charge is 2.27. The van der Waals surface area contributed by atoms with Crippen LogP contribution in [0.5, 0.6) is 5.88 Å². The third-order valence-corrected chi connectivity index (χ3v) is 3.48. The van der Waals surface area contributed by atoms with Gasteiger partial charge in [0.25, 0.3) is 0 Å². The molecule has 2 rings (SSSR count). The molecule has 2 N–H and O–H groups in total. The van der Waals surface area contributed by atoms with Gasteiger partial charge >= 0.3 is 6.09 Å². The molecule has 1 aliphatic heterocycles. The van der Waals surface area contributed by atoms with Crippen molar-refractivity contribution in [3.63, 3.8) is 0 Å². The lowest BCUT2D eigenvalue weighted by atomic mass is 10.1. The average Bonchev–Trinajstić information content (AvgIpc) is 2.42. The Morgan fingerprint density at radius 2 is 1.95 bits per heavy atom.